The fourth-order valence-electron chi connectivity index (χ4n) is 4.68. The van der Waals surface area contributed by atoms with Crippen LogP contribution in [0.25, 0.3) is 16.8 Å². The van der Waals surface area contributed by atoms with Crippen LogP contribution in [0.2, 0.25) is 5.02 Å². The number of hydrogen-bond acceptors (Lipinski definition) is 4. The highest BCUT2D eigenvalue weighted by Gasteiger charge is 2.45. The molecule has 1 aromatic carbocycles. The second-order valence-electron chi connectivity index (χ2n) is 7.39. The highest BCUT2D eigenvalue weighted by atomic mass is 35.5. The second kappa shape index (κ2) is 5.26. The van der Waals surface area contributed by atoms with Gasteiger partial charge in [0.05, 0.1) is 11.1 Å². The van der Waals surface area contributed by atoms with Gasteiger partial charge in [0.2, 0.25) is 0 Å². The lowest BCUT2D eigenvalue weighted by Crippen LogP contribution is -2.37. The van der Waals surface area contributed by atoms with Gasteiger partial charge >= 0.3 is 0 Å². The molecule has 1 saturated heterocycles. The fourth-order valence-corrected chi connectivity index (χ4v) is 4.89. The summed E-state index contributed by atoms with van der Waals surface area (Å²) < 4.78 is 7.92. The average molecular weight is 357 g/mol. The van der Waals surface area contributed by atoms with Gasteiger partial charge in [0.25, 0.3) is 0 Å². The summed E-state index contributed by atoms with van der Waals surface area (Å²) in [6.07, 6.45) is 2.35. The number of halogens is 1. The molecule has 0 radical (unpaired) electrons. The zero-order valence-corrected chi connectivity index (χ0v) is 15.1. The van der Waals surface area contributed by atoms with Gasteiger partial charge in [-0.25, -0.2) is 0 Å². The number of anilines is 1. The number of fused-ring (bicyclic) bond motifs is 3. The monoisotopic (exact) mass is 356 g/mol. The van der Waals surface area contributed by atoms with Gasteiger partial charge in [-0.15, -0.1) is 0 Å². The topological polar surface area (TPSA) is 60.2 Å². The van der Waals surface area contributed by atoms with Crippen LogP contribution >= 0.6 is 11.6 Å². The lowest BCUT2D eigenvalue weighted by atomic mass is 10.1. The Hall–Kier alpha value is -1.98. The van der Waals surface area contributed by atoms with Crippen LogP contribution in [0.5, 0.6) is 0 Å². The normalized spacial score (nSPS) is 25.4. The SMILES string of the molecule is Cc1ccc(C)n1-c1noc2c(N3CC4CCC3C4N)cc(Cl)cc12. The summed E-state index contributed by atoms with van der Waals surface area (Å²) in [5.41, 5.74) is 10.5. The molecule has 5 rings (SSSR count). The molecular formula is C19H21ClN4O. The Morgan fingerprint density at radius 3 is 2.60 bits per heavy atom. The van der Waals surface area contributed by atoms with Crippen LogP contribution in [0.1, 0.15) is 24.2 Å². The number of nitrogens with zero attached hydrogens (tertiary/aromatic N) is 3. The summed E-state index contributed by atoms with van der Waals surface area (Å²) in [5.74, 6) is 1.36. The maximum Gasteiger partial charge on any atom is 0.192 e. The molecule has 1 aliphatic heterocycles. The smallest absolute Gasteiger partial charge is 0.192 e. The molecule has 2 fully saturated rings. The van der Waals surface area contributed by atoms with Crippen molar-refractivity contribution in [3.8, 4) is 5.82 Å². The molecule has 2 aromatic heterocycles. The minimum absolute atomic E-state index is 0.241. The third kappa shape index (κ3) is 2.09. The van der Waals surface area contributed by atoms with Crippen molar-refractivity contribution in [3.63, 3.8) is 0 Å². The highest BCUT2D eigenvalue weighted by molar-refractivity contribution is 6.32. The molecule has 3 unspecified atom stereocenters. The van der Waals surface area contributed by atoms with Gasteiger partial charge in [-0.2, -0.15) is 0 Å². The van der Waals surface area contributed by atoms with Gasteiger partial charge in [0.1, 0.15) is 0 Å². The van der Waals surface area contributed by atoms with Crippen LogP contribution in [0, 0.1) is 19.8 Å². The third-order valence-corrected chi connectivity index (χ3v) is 6.16. The van der Waals surface area contributed by atoms with E-state index in [0.29, 0.717) is 17.0 Å². The summed E-state index contributed by atoms with van der Waals surface area (Å²) in [7, 11) is 0. The van der Waals surface area contributed by atoms with Crippen LogP contribution in [0.15, 0.2) is 28.8 Å². The maximum absolute atomic E-state index is 6.47. The summed E-state index contributed by atoms with van der Waals surface area (Å²) in [6, 6.07) is 8.71. The van der Waals surface area contributed by atoms with E-state index >= 15 is 0 Å². The van der Waals surface area contributed by atoms with Crippen molar-refractivity contribution in [2.24, 2.45) is 11.7 Å². The number of piperidine rings is 1. The highest BCUT2D eigenvalue weighted by Crippen LogP contribution is 2.43. The van der Waals surface area contributed by atoms with E-state index in [1.54, 1.807) is 0 Å². The number of rotatable bonds is 2. The lowest BCUT2D eigenvalue weighted by molar-refractivity contribution is 0.449. The number of aryl methyl sites for hydroxylation is 2. The standard InChI is InChI=1S/C19H21ClN4O/c1-10-3-4-11(2)24(10)19-14-7-13(20)8-16(18(14)25-22-19)23-9-12-5-6-15(23)17(12)21/h3-4,7-8,12,15,17H,5-6,9,21H2,1-2H3. The van der Waals surface area contributed by atoms with E-state index in [4.69, 9.17) is 21.9 Å². The molecule has 3 heterocycles. The Bertz CT molecular complexity index is 956. The lowest BCUT2D eigenvalue weighted by Gasteiger charge is -2.29. The first-order valence-electron chi connectivity index (χ1n) is 8.81. The van der Waals surface area contributed by atoms with Crippen LogP contribution in [0.4, 0.5) is 5.69 Å². The summed E-state index contributed by atoms with van der Waals surface area (Å²) >= 11 is 6.47. The Balaban J connectivity index is 1.70. The van der Waals surface area contributed by atoms with Crippen molar-refractivity contribution >= 4 is 28.3 Å². The van der Waals surface area contributed by atoms with Gasteiger partial charge in [-0.3, -0.25) is 4.57 Å². The molecule has 130 valence electrons. The van der Waals surface area contributed by atoms with Gasteiger partial charge in [0.15, 0.2) is 11.4 Å². The second-order valence-corrected chi connectivity index (χ2v) is 7.83. The molecule has 0 spiro atoms. The van der Waals surface area contributed by atoms with Crippen molar-refractivity contribution in [1.82, 2.24) is 9.72 Å². The molecule has 2 bridgehead atoms. The van der Waals surface area contributed by atoms with E-state index in [2.05, 4.69) is 40.6 Å². The minimum atomic E-state index is 0.241. The molecular weight excluding hydrogens is 336 g/mol. The summed E-state index contributed by atoms with van der Waals surface area (Å²) in [5, 5.41) is 6.03. The largest absolute Gasteiger partial charge is 0.363 e. The van der Waals surface area contributed by atoms with Gasteiger partial charge in [-0.05, 0) is 56.9 Å². The first-order valence-corrected chi connectivity index (χ1v) is 9.19. The van der Waals surface area contributed by atoms with E-state index < -0.39 is 0 Å². The zero-order valence-electron chi connectivity index (χ0n) is 14.4. The summed E-state index contributed by atoms with van der Waals surface area (Å²) in [6.45, 7) is 5.10. The van der Waals surface area contributed by atoms with Crippen molar-refractivity contribution in [1.29, 1.82) is 0 Å². The third-order valence-electron chi connectivity index (χ3n) is 5.94. The van der Waals surface area contributed by atoms with E-state index in [9.17, 15) is 0 Å². The number of hydrogen-bond donors (Lipinski definition) is 1. The Morgan fingerprint density at radius 2 is 1.96 bits per heavy atom. The predicted molar refractivity (Wildman–Crippen MR) is 99.7 cm³/mol. The zero-order chi connectivity index (χ0) is 17.3. The molecule has 25 heavy (non-hydrogen) atoms. The van der Waals surface area contributed by atoms with Crippen LogP contribution in [-0.2, 0) is 0 Å². The van der Waals surface area contributed by atoms with Crippen LogP contribution in [0.3, 0.4) is 0 Å². The first-order chi connectivity index (χ1) is 12.0. The average Bonchev–Trinajstić information content (AvgIpc) is 3.32. The summed E-state index contributed by atoms with van der Waals surface area (Å²) in [4.78, 5) is 2.37. The van der Waals surface area contributed by atoms with Gasteiger partial charge < -0.3 is 15.2 Å². The Kier molecular flexibility index (Phi) is 3.21. The van der Waals surface area contributed by atoms with Gasteiger partial charge in [0, 0.05) is 35.0 Å². The molecule has 1 saturated carbocycles. The molecule has 6 heteroatoms. The van der Waals surface area contributed by atoms with Gasteiger partial charge in [-0.1, -0.05) is 16.8 Å². The Labute approximate surface area is 151 Å². The Morgan fingerprint density at radius 1 is 1.20 bits per heavy atom. The van der Waals surface area contributed by atoms with Crippen molar-refractivity contribution in [2.45, 2.75) is 38.8 Å². The van der Waals surface area contributed by atoms with E-state index in [1.165, 1.54) is 6.42 Å². The molecule has 3 aromatic rings. The molecule has 5 nitrogen and oxygen atoms in total. The molecule has 0 amide bonds. The number of nitrogens with two attached hydrogens (primary N) is 1. The van der Waals surface area contributed by atoms with E-state index in [-0.39, 0.29) is 6.04 Å². The molecule has 2 aliphatic rings. The van der Waals surface area contributed by atoms with Crippen molar-refractivity contribution < 1.29 is 4.52 Å². The predicted octanol–water partition coefficient (Wildman–Crippen LogP) is 3.81. The van der Waals surface area contributed by atoms with Crippen LogP contribution < -0.4 is 10.6 Å². The molecule has 1 aliphatic carbocycles. The number of benzene rings is 1. The van der Waals surface area contributed by atoms with Crippen molar-refractivity contribution in [2.75, 3.05) is 11.4 Å². The minimum Gasteiger partial charge on any atom is -0.363 e. The maximum atomic E-state index is 6.47. The number of aromatic nitrogens is 2. The fraction of sp³-hybridized carbons (Fsp3) is 0.421. The van der Waals surface area contributed by atoms with Crippen LogP contribution in [-0.4, -0.2) is 28.4 Å². The van der Waals surface area contributed by atoms with Crippen molar-refractivity contribution in [3.05, 3.63) is 40.7 Å². The quantitative estimate of drug-likeness (QED) is 0.758. The first kappa shape index (κ1) is 15.3. The van der Waals surface area contributed by atoms with E-state index in [0.717, 1.165) is 46.8 Å². The molecule has 3 atom stereocenters. The molecule has 2 N–H and O–H groups in total. The van der Waals surface area contributed by atoms with E-state index in [1.807, 2.05) is 12.1 Å².